The molecule has 0 bridgehead atoms. The largest absolute Gasteiger partial charge is 0.325 e. The van der Waals surface area contributed by atoms with Crippen LogP contribution < -0.4 is 10.2 Å². The molecule has 3 aromatic rings. The van der Waals surface area contributed by atoms with Gasteiger partial charge in [-0.15, -0.1) is 10.2 Å². The van der Waals surface area contributed by atoms with Crippen molar-refractivity contribution < 1.29 is 9.18 Å². The zero-order valence-corrected chi connectivity index (χ0v) is 14.6. The number of aryl methyl sites for hydroxylation is 1. The van der Waals surface area contributed by atoms with Gasteiger partial charge >= 0.3 is 0 Å². The van der Waals surface area contributed by atoms with Gasteiger partial charge in [0.25, 0.3) is 5.91 Å². The van der Waals surface area contributed by atoms with Gasteiger partial charge in [0.15, 0.2) is 11.5 Å². The SMILES string of the molecule is CCN(c1cccc(C)c1)c1ccc(C(=O)Nc2ccccc2F)nn1. The molecule has 1 aromatic heterocycles. The molecule has 2 aromatic carbocycles. The molecule has 0 atom stereocenters. The molecule has 0 fully saturated rings. The predicted molar refractivity (Wildman–Crippen MR) is 100 cm³/mol. The van der Waals surface area contributed by atoms with Gasteiger partial charge in [-0.1, -0.05) is 24.3 Å². The molecule has 0 radical (unpaired) electrons. The van der Waals surface area contributed by atoms with Crippen LogP contribution >= 0.6 is 0 Å². The number of hydrogen-bond donors (Lipinski definition) is 1. The summed E-state index contributed by atoms with van der Waals surface area (Å²) < 4.78 is 13.6. The number of nitrogens with zero attached hydrogens (tertiary/aromatic N) is 3. The van der Waals surface area contributed by atoms with Crippen LogP contribution in [0.5, 0.6) is 0 Å². The second-order valence-electron chi connectivity index (χ2n) is 5.79. The summed E-state index contributed by atoms with van der Waals surface area (Å²) >= 11 is 0. The molecule has 1 amide bonds. The fourth-order valence-corrected chi connectivity index (χ4v) is 2.61. The first-order valence-corrected chi connectivity index (χ1v) is 8.32. The molecule has 0 unspecified atom stereocenters. The highest BCUT2D eigenvalue weighted by Gasteiger charge is 2.14. The molecule has 1 N–H and O–H groups in total. The lowest BCUT2D eigenvalue weighted by atomic mass is 10.2. The van der Waals surface area contributed by atoms with Crippen molar-refractivity contribution in [3.8, 4) is 0 Å². The molecule has 3 rings (SSSR count). The molecule has 26 heavy (non-hydrogen) atoms. The highest BCUT2D eigenvalue weighted by molar-refractivity contribution is 6.02. The Morgan fingerprint density at radius 3 is 2.54 bits per heavy atom. The third kappa shape index (κ3) is 3.85. The lowest BCUT2D eigenvalue weighted by molar-refractivity contribution is 0.102. The lowest BCUT2D eigenvalue weighted by Crippen LogP contribution is -2.20. The Balaban J connectivity index is 1.79. The summed E-state index contributed by atoms with van der Waals surface area (Å²) in [5, 5.41) is 10.7. The Morgan fingerprint density at radius 2 is 1.88 bits per heavy atom. The second-order valence-corrected chi connectivity index (χ2v) is 5.79. The molecule has 0 spiro atoms. The van der Waals surface area contributed by atoms with Crippen LogP contribution in [0.3, 0.4) is 0 Å². The van der Waals surface area contributed by atoms with Crippen molar-refractivity contribution in [2.75, 3.05) is 16.8 Å². The van der Waals surface area contributed by atoms with E-state index in [1.807, 2.05) is 36.9 Å². The number of amides is 1. The van der Waals surface area contributed by atoms with Gasteiger partial charge in [-0.3, -0.25) is 4.79 Å². The fraction of sp³-hybridized carbons (Fsp3) is 0.150. The third-order valence-corrected chi connectivity index (χ3v) is 3.91. The maximum absolute atomic E-state index is 13.6. The summed E-state index contributed by atoms with van der Waals surface area (Å²) in [6, 6.07) is 17.4. The highest BCUT2D eigenvalue weighted by atomic mass is 19.1. The van der Waals surface area contributed by atoms with E-state index in [1.54, 1.807) is 24.3 Å². The zero-order valence-electron chi connectivity index (χ0n) is 14.6. The minimum atomic E-state index is -0.507. The van der Waals surface area contributed by atoms with Gasteiger partial charge in [0.2, 0.25) is 0 Å². The van der Waals surface area contributed by atoms with Crippen molar-refractivity contribution in [2.45, 2.75) is 13.8 Å². The number of anilines is 3. The quantitative estimate of drug-likeness (QED) is 0.744. The zero-order chi connectivity index (χ0) is 18.5. The van der Waals surface area contributed by atoms with E-state index in [1.165, 1.54) is 12.1 Å². The van der Waals surface area contributed by atoms with Crippen molar-refractivity contribution in [1.29, 1.82) is 0 Å². The number of para-hydroxylation sites is 1. The normalized spacial score (nSPS) is 10.4. The second kappa shape index (κ2) is 7.74. The van der Waals surface area contributed by atoms with Gasteiger partial charge in [-0.25, -0.2) is 4.39 Å². The van der Waals surface area contributed by atoms with Gasteiger partial charge in [-0.05, 0) is 55.8 Å². The Hall–Kier alpha value is -3.28. The van der Waals surface area contributed by atoms with Gasteiger partial charge in [0.1, 0.15) is 5.82 Å². The van der Waals surface area contributed by atoms with E-state index >= 15 is 0 Å². The summed E-state index contributed by atoms with van der Waals surface area (Å²) in [5.74, 6) is -0.365. The molecule has 0 aliphatic heterocycles. The Kier molecular flexibility index (Phi) is 5.22. The number of hydrogen-bond acceptors (Lipinski definition) is 4. The smallest absolute Gasteiger partial charge is 0.276 e. The maximum Gasteiger partial charge on any atom is 0.276 e. The topological polar surface area (TPSA) is 58.1 Å². The monoisotopic (exact) mass is 350 g/mol. The molecule has 6 heteroatoms. The van der Waals surface area contributed by atoms with Crippen LogP contribution in [-0.4, -0.2) is 22.6 Å². The predicted octanol–water partition coefficient (Wildman–Crippen LogP) is 4.33. The summed E-state index contributed by atoms with van der Waals surface area (Å²) in [6.07, 6.45) is 0. The molecule has 0 saturated carbocycles. The van der Waals surface area contributed by atoms with Crippen LogP contribution in [0.15, 0.2) is 60.7 Å². The number of aromatic nitrogens is 2. The van der Waals surface area contributed by atoms with Crippen LogP contribution in [0.4, 0.5) is 21.6 Å². The molecular weight excluding hydrogens is 331 g/mol. The first kappa shape index (κ1) is 17.5. The molecule has 1 heterocycles. The van der Waals surface area contributed by atoms with E-state index < -0.39 is 11.7 Å². The minimum absolute atomic E-state index is 0.110. The molecular formula is C20H19FN4O. The standard InChI is InChI=1S/C20H19FN4O/c1-3-25(15-8-6-7-14(2)13-15)19-12-11-18(23-24-19)20(26)22-17-10-5-4-9-16(17)21/h4-13H,3H2,1-2H3,(H,22,26). The number of nitrogens with one attached hydrogen (secondary N) is 1. The van der Waals surface area contributed by atoms with Gasteiger partial charge in [-0.2, -0.15) is 0 Å². The van der Waals surface area contributed by atoms with E-state index in [4.69, 9.17) is 0 Å². The summed E-state index contributed by atoms with van der Waals surface area (Å²) in [6.45, 7) is 4.75. The summed E-state index contributed by atoms with van der Waals surface area (Å²) in [4.78, 5) is 14.2. The molecule has 5 nitrogen and oxygen atoms in total. The van der Waals surface area contributed by atoms with Gasteiger partial charge in [0.05, 0.1) is 5.69 Å². The van der Waals surface area contributed by atoms with E-state index in [-0.39, 0.29) is 11.4 Å². The van der Waals surface area contributed by atoms with E-state index in [2.05, 4.69) is 21.6 Å². The van der Waals surface area contributed by atoms with Crippen molar-refractivity contribution in [2.24, 2.45) is 0 Å². The maximum atomic E-state index is 13.6. The lowest BCUT2D eigenvalue weighted by Gasteiger charge is -2.22. The van der Waals surface area contributed by atoms with Crippen LogP contribution in [-0.2, 0) is 0 Å². The van der Waals surface area contributed by atoms with Gasteiger partial charge < -0.3 is 10.2 Å². The van der Waals surface area contributed by atoms with Crippen LogP contribution in [0.25, 0.3) is 0 Å². The van der Waals surface area contributed by atoms with Crippen molar-refractivity contribution >= 4 is 23.1 Å². The average Bonchev–Trinajstić information content (AvgIpc) is 2.65. The highest BCUT2D eigenvalue weighted by Crippen LogP contribution is 2.23. The van der Waals surface area contributed by atoms with Crippen LogP contribution in [0, 0.1) is 12.7 Å². The van der Waals surface area contributed by atoms with Crippen LogP contribution in [0.2, 0.25) is 0 Å². The summed E-state index contributed by atoms with van der Waals surface area (Å²) in [7, 11) is 0. The van der Waals surface area contributed by atoms with E-state index in [9.17, 15) is 9.18 Å². The van der Waals surface area contributed by atoms with E-state index in [0.717, 1.165) is 11.3 Å². The Bertz CT molecular complexity index is 912. The first-order chi connectivity index (χ1) is 12.6. The Labute approximate surface area is 151 Å². The Morgan fingerprint density at radius 1 is 1.08 bits per heavy atom. The summed E-state index contributed by atoms with van der Waals surface area (Å²) in [5.41, 5.74) is 2.38. The number of benzene rings is 2. The molecule has 0 aliphatic carbocycles. The molecule has 0 saturated heterocycles. The molecule has 0 aliphatic rings. The fourth-order valence-electron chi connectivity index (χ4n) is 2.61. The van der Waals surface area contributed by atoms with Gasteiger partial charge in [0, 0.05) is 12.2 Å². The number of rotatable bonds is 5. The number of carbonyl (C=O) groups is 1. The van der Waals surface area contributed by atoms with Crippen LogP contribution in [0.1, 0.15) is 23.0 Å². The molecule has 132 valence electrons. The van der Waals surface area contributed by atoms with Crippen molar-refractivity contribution in [3.63, 3.8) is 0 Å². The first-order valence-electron chi connectivity index (χ1n) is 8.32. The van der Waals surface area contributed by atoms with Crippen molar-refractivity contribution in [3.05, 3.63) is 77.7 Å². The number of carbonyl (C=O) groups excluding carboxylic acids is 1. The third-order valence-electron chi connectivity index (χ3n) is 3.91. The van der Waals surface area contributed by atoms with E-state index in [0.29, 0.717) is 12.4 Å². The average molecular weight is 350 g/mol. The van der Waals surface area contributed by atoms with Crippen molar-refractivity contribution in [1.82, 2.24) is 10.2 Å². The minimum Gasteiger partial charge on any atom is -0.325 e. The number of halogens is 1.